The Bertz CT molecular complexity index is 647. The van der Waals surface area contributed by atoms with Gasteiger partial charge < -0.3 is 5.32 Å². The average molecular weight is 280 g/mol. The Kier molecular flexibility index (Phi) is 3.50. The molecule has 1 aliphatic carbocycles. The summed E-state index contributed by atoms with van der Waals surface area (Å²) < 4.78 is 0. The van der Waals surface area contributed by atoms with Gasteiger partial charge in [-0.1, -0.05) is 29.8 Å². The van der Waals surface area contributed by atoms with Gasteiger partial charge in [-0.15, -0.1) is 0 Å². The molecule has 1 aliphatic rings. The van der Waals surface area contributed by atoms with Crippen molar-refractivity contribution in [3.05, 3.63) is 65.5 Å². The van der Waals surface area contributed by atoms with Gasteiger partial charge in [0.25, 0.3) is 0 Å². The summed E-state index contributed by atoms with van der Waals surface area (Å²) in [7, 11) is 0. The summed E-state index contributed by atoms with van der Waals surface area (Å²) >= 11 is 0. The number of aryl methyl sites for hydroxylation is 1. The van der Waals surface area contributed by atoms with Crippen LogP contribution in [-0.4, -0.2) is 10.9 Å². The molecule has 0 saturated heterocycles. The van der Waals surface area contributed by atoms with Gasteiger partial charge in [0.15, 0.2) is 0 Å². The Morgan fingerprint density at radius 3 is 2.57 bits per heavy atom. The molecular formula is C18H20N2O. The molecule has 1 aromatic carbocycles. The standard InChI is InChI=1S/C18H20N2O/c1-13-4-3-5-16(12-13)18(8-9-18)17(21)20-14(2)15-6-10-19-11-7-15/h3-7,10-12,14H,8-9H2,1-2H3,(H,20,21)/t14-/m0/s1. The number of benzene rings is 1. The van der Waals surface area contributed by atoms with Crippen LogP contribution in [0.25, 0.3) is 0 Å². The third-order valence-electron chi connectivity index (χ3n) is 4.31. The van der Waals surface area contributed by atoms with Crippen molar-refractivity contribution in [3.63, 3.8) is 0 Å². The highest BCUT2D eigenvalue weighted by Gasteiger charge is 2.51. The topological polar surface area (TPSA) is 42.0 Å². The third kappa shape index (κ3) is 2.68. The number of rotatable bonds is 4. The second-order valence-electron chi connectivity index (χ2n) is 5.93. The molecule has 108 valence electrons. The van der Waals surface area contributed by atoms with E-state index < -0.39 is 0 Å². The number of hydrogen-bond acceptors (Lipinski definition) is 2. The molecule has 3 nitrogen and oxygen atoms in total. The Balaban J connectivity index is 1.76. The summed E-state index contributed by atoms with van der Waals surface area (Å²) in [4.78, 5) is 16.7. The Morgan fingerprint density at radius 1 is 1.24 bits per heavy atom. The predicted octanol–water partition coefficient (Wildman–Crippen LogP) is 3.30. The summed E-state index contributed by atoms with van der Waals surface area (Å²) in [6.45, 7) is 4.08. The summed E-state index contributed by atoms with van der Waals surface area (Å²) in [5.74, 6) is 0.136. The molecule has 3 rings (SSSR count). The van der Waals surface area contributed by atoms with Crippen LogP contribution in [0.15, 0.2) is 48.8 Å². The number of carbonyl (C=O) groups excluding carboxylic acids is 1. The minimum Gasteiger partial charge on any atom is -0.349 e. The van der Waals surface area contributed by atoms with E-state index in [4.69, 9.17) is 0 Å². The number of aromatic nitrogens is 1. The molecule has 1 N–H and O–H groups in total. The molecule has 1 saturated carbocycles. The maximum absolute atomic E-state index is 12.7. The van der Waals surface area contributed by atoms with Gasteiger partial charge in [-0.05, 0) is 49.9 Å². The van der Waals surface area contributed by atoms with Crippen LogP contribution < -0.4 is 5.32 Å². The zero-order valence-corrected chi connectivity index (χ0v) is 12.5. The summed E-state index contributed by atoms with van der Waals surface area (Å²) in [5, 5.41) is 3.15. The Morgan fingerprint density at radius 2 is 1.95 bits per heavy atom. The van der Waals surface area contributed by atoms with Crippen LogP contribution in [0.2, 0.25) is 0 Å². The zero-order valence-electron chi connectivity index (χ0n) is 12.5. The molecule has 3 heteroatoms. The van der Waals surface area contributed by atoms with E-state index in [2.05, 4.69) is 35.4 Å². The number of pyridine rings is 1. The lowest BCUT2D eigenvalue weighted by atomic mass is 9.93. The largest absolute Gasteiger partial charge is 0.349 e. The van der Waals surface area contributed by atoms with Gasteiger partial charge in [0.2, 0.25) is 5.91 Å². The maximum atomic E-state index is 12.7. The summed E-state index contributed by atoms with van der Waals surface area (Å²) in [6.07, 6.45) is 5.38. The van der Waals surface area contributed by atoms with Crippen molar-refractivity contribution in [1.82, 2.24) is 10.3 Å². The molecule has 0 spiro atoms. The van der Waals surface area contributed by atoms with Gasteiger partial charge in [0.05, 0.1) is 11.5 Å². The summed E-state index contributed by atoms with van der Waals surface area (Å²) in [6, 6.07) is 12.2. The highest BCUT2D eigenvalue weighted by Crippen LogP contribution is 2.48. The fourth-order valence-corrected chi connectivity index (χ4v) is 2.78. The fourth-order valence-electron chi connectivity index (χ4n) is 2.78. The molecular weight excluding hydrogens is 260 g/mol. The van der Waals surface area contributed by atoms with Crippen LogP contribution in [-0.2, 0) is 10.2 Å². The molecule has 2 aromatic rings. The highest BCUT2D eigenvalue weighted by atomic mass is 16.2. The van der Waals surface area contributed by atoms with E-state index in [-0.39, 0.29) is 17.4 Å². The first-order chi connectivity index (χ1) is 10.1. The van der Waals surface area contributed by atoms with Gasteiger partial charge in [-0.2, -0.15) is 0 Å². The quantitative estimate of drug-likeness (QED) is 0.933. The van der Waals surface area contributed by atoms with Crippen molar-refractivity contribution in [2.45, 2.75) is 38.1 Å². The van der Waals surface area contributed by atoms with Crippen LogP contribution in [0.3, 0.4) is 0 Å². The second kappa shape index (κ2) is 5.32. The van der Waals surface area contributed by atoms with E-state index in [1.807, 2.05) is 25.1 Å². The monoisotopic (exact) mass is 280 g/mol. The number of nitrogens with one attached hydrogen (secondary N) is 1. The normalized spacial score (nSPS) is 17.0. The average Bonchev–Trinajstić information content (AvgIpc) is 3.30. The van der Waals surface area contributed by atoms with Crippen molar-refractivity contribution >= 4 is 5.91 Å². The molecule has 0 bridgehead atoms. The molecule has 1 atom stereocenters. The van der Waals surface area contributed by atoms with Crippen LogP contribution in [0.1, 0.15) is 42.5 Å². The van der Waals surface area contributed by atoms with Crippen LogP contribution in [0.4, 0.5) is 0 Å². The van der Waals surface area contributed by atoms with Crippen LogP contribution in [0.5, 0.6) is 0 Å². The van der Waals surface area contributed by atoms with Crippen molar-refractivity contribution in [2.75, 3.05) is 0 Å². The molecule has 0 radical (unpaired) electrons. The lowest BCUT2D eigenvalue weighted by Crippen LogP contribution is -2.36. The second-order valence-corrected chi connectivity index (χ2v) is 5.93. The minimum atomic E-state index is -0.312. The van der Waals surface area contributed by atoms with E-state index in [1.165, 1.54) is 5.56 Å². The fraction of sp³-hybridized carbons (Fsp3) is 0.333. The molecule has 1 aromatic heterocycles. The summed E-state index contributed by atoms with van der Waals surface area (Å²) in [5.41, 5.74) is 3.11. The van der Waals surface area contributed by atoms with Crippen molar-refractivity contribution < 1.29 is 4.79 Å². The predicted molar refractivity (Wildman–Crippen MR) is 82.9 cm³/mol. The van der Waals surface area contributed by atoms with Crippen molar-refractivity contribution in [2.24, 2.45) is 0 Å². The van der Waals surface area contributed by atoms with Crippen molar-refractivity contribution in [1.29, 1.82) is 0 Å². The number of amides is 1. The zero-order chi connectivity index (χ0) is 14.9. The van der Waals surface area contributed by atoms with Crippen LogP contribution in [0, 0.1) is 6.92 Å². The Hall–Kier alpha value is -2.16. The van der Waals surface area contributed by atoms with E-state index in [0.29, 0.717) is 0 Å². The first-order valence-corrected chi connectivity index (χ1v) is 7.40. The maximum Gasteiger partial charge on any atom is 0.231 e. The van der Waals surface area contributed by atoms with Gasteiger partial charge in [-0.3, -0.25) is 9.78 Å². The van der Waals surface area contributed by atoms with E-state index in [9.17, 15) is 4.79 Å². The smallest absolute Gasteiger partial charge is 0.231 e. The van der Waals surface area contributed by atoms with Gasteiger partial charge in [-0.25, -0.2) is 0 Å². The lowest BCUT2D eigenvalue weighted by Gasteiger charge is -2.20. The first-order valence-electron chi connectivity index (χ1n) is 7.40. The van der Waals surface area contributed by atoms with E-state index in [1.54, 1.807) is 12.4 Å². The van der Waals surface area contributed by atoms with Gasteiger partial charge in [0, 0.05) is 12.4 Å². The Labute approximate surface area is 125 Å². The van der Waals surface area contributed by atoms with Crippen molar-refractivity contribution in [3.8, 4) is 0 Å². The van der Waals surface area contributed by atoms with E-state index in [0.717, 1.165) is 24.0 Å². The molecule has 0 aliphatic heterocycles. The minimum absolute atomic E-state index is 0.00258. The lowest BCUT2D eigenvalue weighted by molar-refractivity contribution is -0.124. The molecule has 1 heterocycles. The number of carbonyl (C=O) groups is 1. The molecule has 21 heavy (non-hydrogen) atoms. The third-order valence-corrected chi connectivity index (χ3v) is 4.31. The van der Waals surface area contributed by atoms with Gasteiger partial charge in [0.1, 0.15) is 0 Å². The first kappa shape index (κ1) is 13.8. The van der Waals surface area contributed by atoms with E-state index >= 15 is 0 Å². The molecule has 0 unspecified atom stereocenters. The SMILES string of the molecule is Cc1cccc(C2(C(=O)N[C@@H](C)c3ccncc3)CC2)c1. The van der Waals surface area contributed by atoms with Gasteiger partial charge >= 0.3 is 0 Å². The number of nitrogens with zero attached hydrogens (tertiary/aromatic N) is 1. The molecule has 1 fully saturated rings. The van der Waals surface area contributed by atoms with Crippen LogP contribution >= 0.6 is 0 Å². The number of hydrogen-bond donors (Lipinski definition) is 1. The highest BCUT2D eigenvalue weighted by molar-refractivity contribution is 5.91. The molecule has 1 amide bonds.